The highest BCUT2D eigenvalue weighted by Crippen LogP contribution is 2.39. The number of hydrogen-bond acceptors (Lipinski definition) is 7. The fraction of sp³-hybridized carbons (Fsp3) is 0.357. The van der Waals surface area contributed by atoms with Gasteiger partial charge in [0.15, 0.2) is 0 Å². The van der Waals surface area contributed by atoms with Crippen molar-refractivity contribution in [2.45, 2.75) is 44.7 Å². The second-order valence-electron chi connectivity index (χ2n) is 9.88. The van der Waals surface area contributed by atoms with Gasteiger partial charge in [-0.25, -0.2) is 15.0 Å². The zero-order valence-electron chi connectivity index (χ0n) is 21.0. The minimum absolute atomic E-state index is 0.198. The number of nitrogens with zero attached hydrogens (tertiary/aromatic N) is 5. The highest BCUT2D eigenvalue weighted by atomic mass is 16.5. The number of hydrogen-bond donors (Lipinski definition) is 2. The summed E-state index contributed by atoms with van der Waals surface area (Å²) in [6.45, 7) is 3.16. The fourth-order valence-corrected chi connectivity index (χ4v) is 5.07. The number of methoxy groups -OCH3 is 1. The molecule has 1 aliphatic heterocycles. The van der Waals surface area contributed by atoms with Gasteiger partial charge in [-0.05, 0) is 66.5 Å². The van der Waals surface area contributed by atoms with E-state index in [0.717, 1.165) is 59.5 Å². The van der Waals surface area contributed by atoms with Crippen LogP contribution in [0.25, 0.3) is 10.8 Å². The minimum atomic E-state index is -0.198. The fourth-order valence-electron chi connectivity index (χ4n) is 5.07. The molecule has 37 heavy (non-hydrogen) atoms. The van der Waals surface area contributed by atoms with Crippen LogP contribution in [0.1, 0.15) is 59.0 Å². The molecule has 1 saturated carbocycles. The molecule has 2 fully saturated rings. The van der Waals surface area contributed by atoms with Crippen LogP contribution in [0.4, 0.5) is 11.6 Å². The van der Waals surface area contributed by atoms with E-state index in [2.05, 4.69) is 36.9 Å². The highest BCUT2D eigenvalue weighted by Gasteiger charge is 2.30. The maximum absolute atomic E-state index is 13.1. The Hall–Kier alpha value is -4.14. The molecule has 2 aliphatic rings. The molecule has 6 rings (SSSR count). The normalized spacial score (nSPS) is 15.3. The summed E-state index contributed by atoms with van der Waals surface area (Å²) in [5.74, 6) is 3.29. The molecular formula is C28H31N7O2. The topological polar surface area (TPSA) is 111 Å². The Balaban J connectivity index is 1.17. The second-order valence-corrected chi connectivity index (χ2v) is 9.88. The number of pyridine rings is 2. The lowest BCUT2D eigenvalue weighted by Gasteiger charge is -2.16. The number of imidazole rings is 1. The van der Waals surface area contributed by atoms with E-state index in [9.17, 15) is 4.79 Å². The Morgan fingerprint density at radius 1 is 1.14 bits per heavy atom. The predicted molar refractivity (Wildman–Crippen MR) is 143 cm³/mol. The molecule has 0 unspecified atom stereocenters. The summed E-state index contributed by atoms with van der Waals surface area (Å²) in [4.78, 5) is 29.0. The summed E-state index contributed by atoms with van der Waals surface area (Å²) in [6, 6.07) is 9.99. The lowest BCUT2D eigenvalue weighted by Crippen LogP contribution is -2.23. The second kappa shape index (κ2) is 9.72. The van der Waals surface area contributed by atoms with Gasteiger partial charge >= 0.3 is 0 Å². The van der Waals surface area contributed by atoms with Crippen LogP contribution in [0, 0.1) is 0 Å². The number of anilines is 2. The van der Waals surface area contributed by atoms with Crippen LogP contribution < -0.4 is 20.7 Å². The number of benzene rings is 1. The zero-order chi connectivity index (χ0) is 25.4. The van der Waals surface area contributed by atoms with Gasteiger partial charge in [0.1, 0.15) is 28.9 Å². The molecular weight excluding hydrogens is 466 g/mol. The minimum Gasteiger partial charge on any atom is -0.496 e. The first-order valence-electron chi connectivity index (χ1n) is 12.9. The molecule has 0 spiro atoms. The van der Waals surface area contributed by atoms with Crippen LogP contribution in [-0.2, 0) is 13.1 Å². The molecule has 1 saturated heterocycles. The quantitative estimate of drug-likeness (QED) is 0.380. The van der Waals surface area contributed by atoms with Gasteiger partial charge in [0, 0.05) is 44.1 Å². The summed E-state index contributed by atoms with van der Waals surface area (Å²) < 4.78 is 7.63. The summed E-state index contributed by atoms with van der Waals surface area (Å²) in [5, 5.41) is 4.70. The van der Waals surface area contributed by atoms with Crippen LogP contribution >= 0.6 is 0 Å². The van der Waals surface area contributed by atoms with E-state index in [1.54, 1.807) is 13.3 Å². The standard InChI is InChI=1S/C28H31N7O2/c1-37-23-13-19(12-21-8-9-30-26(29)25(21)23)15-32-28(36)22-17-35(27(33-22)20-5-6-20)16-18-4-7-24(31-14-18)34-10-2-3-11-34/h4,7-9,12-14,17,20H,2-3,5-6,10-11,15-16H2,1H3,(H2,29,30)(H,32,36). The van der Waals surface area contributed by atoms with Gasteiger partial charge in [0.2, 0.25) is 0 Å². The number of nitrogen functional groups attached to an aromatic ring is 1. The smallest absolute Gasteiger partial charge is 0.271 e. The zero-order valence-corrected chi connectivity index (χ0v) is 21.0. The molecule has 9 heteroatoms. The molecule has 190 valence electrons. The van der Waals surface area contributed by atoms with E-state index >= 15 is 0 Å². The number of fused-ring (bicyclic) bond motifs is 1. The van der Waals surface area contributed by atoms with Crippen molar-refractivity contribution in [3.63, 3.8) is 0 Å². The van der Waals surface area contributed by atoms with Crippen LogP contribution in [0.3, 0.4) is 0 Å². The molecule has 1 aliphatic carbocycles. The molecule has 1 aromatic carbocycles. The van der Waals surface area contributed by atoms with Gasteiger partial charge in [0.05, 0.1) is 19.0 Å². The lowest BCUT2D eigenvalue weighted by atomic mass is 10.1. The molecule has 3 aromatic heterocycles. The van der Waals surface area contributed by atoms with Gasteiger partial charge in [0.25, 0.3) is 5.91 Å². The molecule has 1 amide bonds. The maximum Gasteiger partial charge on any atom is 0.271 e. The van der Waals surface area contributed by atoms with Crippen LogP contribution in [0.5, 0.6) is 5.75 Å². The third-order valence-corrected chi connectivity index (χ3v) is 7.16. The van der Waals surface area contributed by atoms with E-state index in [-0.39, 0.29) is 5.91 Å². The van der Waals surface area contributed by atoms with Crippen LogP contribution in [-0.4, -0.2) is 45.6 Å². The average molecular weight is 498 g/mol. The summed E-state index contributed by atoms with van der Waals surface area (Å²) in [5.41, 5.74) is 8.49. The van der Waals surface area contributed by atoms with E-state index in [0.29, 0.717) is 36.3 Å². The maximum atomic E-state index is 13.1. The summed E-state index contributed by atoms with van der Waals surface area (Å²) in [7, 11) is 1.60. The highest BCUT2D eigenvalue weighted by molar-refractivity contribution is 5.97. The van der Waals surface area contributed by atoms with Crippen LogP contribution in [0.2, 0.25) is 0 Å². The van der Waals surface area contributed by atoms with Crippen molar-refractivity contribution in [2.24, 2.45) is 0 Å². The number of carbonyl (C=O) groups excluding carboxylic acids is 1. The van der Waals surface area contributed by atoms with Crippen molar-refractivity contribution in [3.05, 3.63) is 71.6 Å². The van der Waals surface area contributed by atoms with E-state index in [1.807, 2.05) is 30.6 Å². The number of amides is 1. The van der Waals surface area contributed by atoms with Gasteiger partial charge in [-0.15, -0.1) is 0 Å². The monoisotopic (exact) mass is 497 g/mol. The van der Waals surface area contributed by atoms with Gasteiger partial charge in [-0.1, -0.05) is 6.07 Å². The predicted octanol–water partition coefficient (Wildman–Crippen LogP) is 3.87. The SMILES string of the molecule is COc1cc(CNC(=O)c2cn(Cc3ccc(N4CCCC4)nc3)c(C3CC3)n2)cc2ccnc(N)c12. The Kier molecular flexibility index (Phi) is 6.12. The molecule has 3 N–H and O–H groups in total. The van der Waals surface area contributed by atoms with Crippen molar-refractivity contribution in [3.8, 4) is 5.75 Å². The third-order valence-electron chi connectivity index (χ3n) is 7.16. The Morgan fingerprint density at radius 2 is 1.97 bits per heavy atom. The number of rotatable bonds is 8. The number of nitrogens with one attached hydrogen (secondary N) is 1. The molecule has 0 bridgehead atoms. The Bertz CT molecular complexity index is 1440. The average Bonchev–Trinajstić information content (AvgIpc) is 3.43. The first-order valence-corrected chi connectivity index (χ1v) is 12.9. The number of ether oxygens (including phenoxy) is 1. The van der Waals surface area contributed by atoms with Gasteiger partial charge in [-0.2, -0.15) is 0 Å². The summed E-state index contributed by atoms with van der Waals surface area (Å²) >= 11 is 0. The molecule has 4 heterocycles. The summed E-state index contributed by atoms with van der Waals surface area (Å²) in [6.07, 6.45) is 10.2. The van der Waals surface area contributed by atoms with E-state index < -0.39 is 0 Å². The first-order chi connectivity index (χ1) is 18.1. The van der Waals surface area contributed by atoms with Crippen molar-refractivity contribution >= 4 is 28.3 Å². The molecule has 0 radical (unpaired) electrons. The molecule has 4 aromatic rings. The van der Waals surface area contributed by atoms with Gasteiger partial charge in [-0.3, -0.25) is 4.79 Å². The van der Waals surface area contributed by atoms with Crippen molar-refractivity contribution in [1.29, 1.82) is 0 Å². The van der Waals surface area contributed by atoms with Crippen molar-refractivity contribution in [2.75, 3.05) is 30.8 Å². The van der Waals surface area contributed by atoms with Crippen LogP contribution in [0.15, 0.2) is 48.9 Å². The van der Waals surface area contributed by atoms with E-state index in [1.165, 1.54) is 12.8 Å². The molecule has 9 nitrogen and oxygen atoms in total. The van der Waals surface area contributed by atoms with Gasteiger partial charge < -0.3 is 25.3 Å². The number of aromatic nitrogens is 4. The lowest BCUT2D eigenvalue weighted by molar-refractivity contribution is 0.0946. The Morgan fingerprint density at radius 3 is 2.70 bits per heavy atom. The largest absolute Gasteiger partial charge is 0.496 e. The van der Waals surface area contributed by atoms with Crippen molar-refractivity contribution in [1.82, 2.24) is 24.8 Å². The Labute approximate surface area is 215 Å². The van der Waals surface area contributed by atoms with Crippen molar-refractivity contribution < 1.29 is 9.53 Å². The molecule has 0 atom stereocenters. The third kappa shape index (κ3) is 4.81. The number of nitrogens with two attached hydrogens (primary N) is 1. The van der Waals surface area contributed by atoms with E-state index in [4.69, 9.17) is 15.5 Å². The first kappa shape index (κ1) is 23.3. The number of carbonyl (C=O) groups is 1.